The summed E-state index contributed by atoms with van der Waals surface area (Å²) in [6.07, 6.45) is 3.95. The SMILES string of the molecule is CC(C)C1CC2(CCOCC2)CN1C(C)C. The van der Waals surface area contributed by atoms with Crippen molar-refractivity contribution in [3.63, 3.8) is 0 Å². The molecule has 0 saturated carbocycles. The van der Waals surface area contributed by atoms with Crippen molar-refractivity contribution in [2.75, 3.05) is 19.8 Å². The van der Waals surface area contributed by atoms with Crippen LogP contribution in [0, 0.1) is 11.3 Å². The third-order valence-electron chi connectivity index (χ3n) is 4.57. The van der Waals surface area contributed by atoms with Crippen LogP contribution in [0.25, 0.3) is 0 Å². The molecule has 0 aromatic carbocycles. The van der Waals surface area contributed by atoms with Gasteiger partial charge < -0.3 is 4.74 Å². The Morgan fingerprint density at radius 1 is 1.12 bits per heavy atom. The summed E-state index contributed by atoms with van der Waals surface area (Å²) in [5, 5.41) is 0. The second kappa shape index (κ2) is 4.66. The van der Waals surface area contributed by atoms with E-state index in [0.29, 0.717) is 11.5 Å². The quantitative estimate of drug-likeness (QED) is 0.716. The zero-order chi connectivity index (χ0) is 11.8. The lowest BCUT2D eigenvalue weighted by atomic mass is 9.77. The van der Waals surface area contributed by atoms with E-state index in [2.05, 4.69) is 32.6 Å². The lowest BCUT2D eigenvalue weighted by molar-refractivity contribution is 0.0179. The minimum absolute atomic E-state index is 0.581. The fourth-order valence-corrected chi connectivity index (χ4v) is 3.48. The van der Waals surface area contributed by atoms with Crippen LogP contribution < -0.4 is 0 Å². The van der Waals surface area contributed by atoms with Crippen molar-refractivity contribution in [3.8, 4) is 0 Å². The molecule has 2 rings (SSSR count). The minimum atomic E-state index is 0.581. The van der Waals surface area contributed by atoms with Gasteiger partial charge >= 0.3 is 0 Å². The van der Waals surface area contributed by atoms with E-state index in [-0.39, 0.29) is 0 Å². The molecular weight excluding hydrogens is 198 g/mol. The van der Waals surface area contributed by atoms with Crippen LogP contribution in [0.3, 0.4) is 0 Å². The lowest BCUT2D eigenvalue weighted by Gasteiger charge is -2.34. The smallest absolute Gasteiger partial charge is 0.0471 e. The van der Waals surface area contributed by atoms with Gasteiger partial charge in [0.15, 0.2) is 0 Å². The maximum atomic E-state index is 5.53. The zero-order valence-electron chi connectivity index (χ0n) is 11.3. The van der Waals surface area contributed by atoms with Gasteiger partial charge in [-0.2, -0.15) is 0 Å². The summed E-state index contributed by atoms with van der Waals surface area (Å²) in [6.45, 7) is 12.7. The van der Waals surface area contributed by atoms with Gasteiger partial charge in [-0.05, 0) is 44.4 Å². The van der Waals surface area contributed by atoms with Gasteiger partial charge in [-0.1, -0.05) is 13.8 Å². The van der Waals surface area contributed by atoms with E-state index in [1.165, 1.54) is 25.8 Å². The first kappa shape index (κ1) is 12.4. The Bertz CT molecular complexity index is 213. The van der Waals surface area contributed by atoms with E-state index in [1.54, 1.807) is 0 Å². The molecule has 1 atom stereocenters. The molecule has 2 nitrogen and oxygen atoms in total. The van der Waals surface area contributed by atoms with E-state index in [1.807, 2.05) is 0 Å². The summed E-state index contributed by atoms with van der Waals surface area (Å²) in [5.41, 5.74) is 0.581. The van der Waals surface area contributed by atoms with Crippen LogP contribution in [0.15, 0.2) is 0 Å². The van der Waals surface area contributed by atoms with Gasteiger partial charge in [0.25, 0.3) is 0 Å². The standard InChI is InChI=1S/C14H27NO/c1-11(2)13-9-14(5-7-16-8-6-14)10-15(13)12(3)4/h11-13H,5-10H2,1-4H3. The van der Waals surface area contributed by atoms with Gasteiger partial charge in [0, 0.05) is 31.8 Å². The Morgan fingerprint density at radius 3 is 2.19 bits per heavy atom. The number of hydrogen-bond donors (Lipinski definition) is 0. The summed E-state index contributed by atoms with van der Waals surface area (Å²) >= 11 is 0. The first-order valence-electron chi connectivity index (χ1n) is 6.88. The van der Waals surface area contributed by atoms with E-state index in [0.717, 1.165) is 25.2 Å². The molecule has 2 heterocycles. The van der Waals surface area contributed by atoms with Crippen LogP contribution in [0.2, 0.25) is 0 Å². The number of likely N-dealkylation sites (tertiary alicyclic amines) is 1. The van der Waals surface area contributed by atoms with E-state index in [9.17, 15) is 0 Å². The first-order valence-corrected chi connectivity index (χ1v) is 6.88. The zero-order valence-corrected chi connectivity index (χ0v) is 11.3. The second-order valence-electron chi connectivity index (χ2n) is 6.39. The topological polar surface area (TPSA) is 12.5 Å². The van der Waals surface area contributed by atoms with Crippen LogP contribution in [-0.4, -0.2) is 36.7 Å². The third kappa shape index (κ3) is 2.28. The summed E-state index contributed by atoms with van der Waals surface area (Å²) in [5.74, 6) is 0.782. The average molecular weight is 225 g/mol. The van der Waals surface area contributed by atoms with E-state index in [4.69, 9.17) is 4.74 Å². The van der Waals surface area contributed by atoms with Crippen LogP contribution in [0.4, 0.5) is 0 Å². The molecule has 1 unspecified atom stereocenters. The molecule has 0 N–H and O–H groups in total. The molecule has 2 heteroatoms. The highest BCUT2D eigenvalue weighted by Gasteiger charge is 2.46. The molecule has 0 amide bonds. The van der Waals surface area contributed by atoms with Gasteiger partial charge in [-0.15, -0.1) is 0 Å². The molecule has 2 aliphatic heterocycles. The van der Waals surface area contributed by atoms with Crippen molar-refractivity contribution in [3.05, 3.63) is 0 Å². The van der Waals surface area contributed by atoms with Gasteiger partial charge in [0.05, 0.1) is 0 Å². The Hall–Kier alpha value is -0.0800. The van der Waals surface area contributed by atoms with E-state index < -0.39 is 0 Å². The van der Waals surface area contributed by atoms with Gasteiger partial charge in [-0.3, -0.25) is 4.90 Å². The molecule has 2 fully saturated rings. The number of nitrogens with zero attached hydrogens (tertiary/aromatic N) is 1. The van der Waals surface area contributed by atoms with Crippen molar-refractivity contribution in [1.29, 1.82) is 0 Å². The van der Waals surface area contributed by atoms with Gasteiger partial charge in [-0.25, -0.2) is 0 Å². The van der Waals surface area contributed by atoms with E-state index >= 15 is 0 Å². The molecule has 0 aliphatic carbocycles. The predicted octanol–water partition coefficient (Wildman–Crippen LogP) is 2.92. The highest BCUT2D eigenvalue weighted by Crippen LogP contribution is 2.45. The largest absolute Gasteiger partial charge is 0.381 e. The van der Waals surface area contributed by atoms with Crippen LogP contribution in [-0.2, 0) is 4.74 Å². The Balaban J connectivity index is 2.10. The normalized spacial score (nSPS) is 30.8. The van der Waals surface area contributed by atoms with Crippen LogP contribution in [0.1, 0.15) is 47.0 Å². The summed E-state index contributed by atoms with van der Waals surface area (Å²) in [6, 6.07) is 1.48. The molecule has 2 aliphatic rings. The summed E-state index contributed by atoms with van der Waals surface area (Å²) in [7, 11) is 0. The molecule has 0 bridgehead atoms. The number of ether oxygens (including phenoxy) is 1. The first-order chi connectivity index (χ1) is 7.54. The molecule has 1 spiro atoms. The third-order valence-corrected chi connectivity index (χ3v) is 4.57. The lowest BCUT2D eigenvalue weighted by Crippen LogP contribution is -2.39. The minimum Gasteiger partial charge on any atom is -0.381 e. The van der Waals surface area contributed by atoms with Crippen molar-refractivity contribution < 1.29 is 4.74 Å². The maximum Gasteiger partial charge on any atom is 0.0471 e. The fourth-order valence-electron chi connectivity index (χ4n) is 3.48. The molecule has 16 heavy (non-hydrogen) atoms. The van der Waals surface area contributed by atoms with Crippen LogP contribution >= 0.6 is 0 Å². The molecule has 94 valence electrons. The maximum absolute atomic E-state index is 5.53. The molecule has 0 radical (unpaired) electrons. The van der Waals surface area contributed by atoms with Crippen molar-refractivity contribution in [2.45, 2.75) is 59.0 Å². The van der Waals surface area contributed by atoms with Crippen molar-refractivity contribution in [2.24, 2.45) is 11.3 Å². The van der Waals surface area contributed by atoms with Crippen molar-refractivity contribution >= 4 is 0 Å². The Morgan fingerprint density at radius 2 is 1.75 bits per heavy atom. The predicted molar refractivity (Wildman–Crippen MR) is 67.6 cm³/mol. The Labute approximate surface area is 100 Å². The number of rotatable bonds is 2. The second-order valence-corrected chi connectivity index (χ2v) is 6.39. The highest BCUT2D eigenvalue weighted by atomic mass is 16.5. The molecule has 2 saturated heterocycles. The molecular formula is C14H27NO. The van der Waals surface area contributed by atoms with Crippen molar-refractivity contribution in [1.82, 2.24) is 4.90 Å². The summed E-state index contributed by atoms with van der Waals surface area (Å²) in [4.78, 5) is 2.73. The number of hydrogen-bond acceptors (Lipinski definition) is 2. The fraction of sp³-hybridized carbons (Fsp3) is 1.00. The van der Waals surface area contributed by atoms with Gasteiger partial charge in [0.1, 0.15) is 0 Å². The highest BCUT2D eigenvalue weighted by molar-refractivity contribution is 4.98. The van der Waals surface area contributed by atoms with Crippen LogP contribution in [0.5, 0.6) is 0 Å². The molecule has 0 aromatic heterocycles. The summed E-state index contributed by atoms with van der Waals surface area (Å²) < 4.78 is 5.53. The monoisotopic (exact) mass is 225 g/mol. The molecule has 0 aromatic rings. The average Bonchev–Trinajstić information content (AvgIpc) is 2.59. The van der Waals surface area contributed by atoms with Gasteiger partial charge in [0.2, 0.25) is 0 Å². The Kier molecular flexibility index (Phi) is 3.60.